The Kier molecular flexibility index (Phi) is 3.48. The van der Waals surface area contributed by atoms with E-state index in [0.717, 1.165) is 0 Å². The van der Waals surface area contributed by atoms with E-state index in [1.54, 1.807) is 12.4 Å². The zero-order chi connectivity index (χ0) is 9.80. The summed E-state index contributed by atoms with van der Waals surface area (Å²) in [5.41, 5.74) is 0. The third kappa shape index (κ3) is 2.51. The van der Waals surface area contributed by atoms with Gasteiger partial charge in [0.25, 0.3) is 0 Å². The monoisotopic (exact) mass is 229 g/mol. The van der Waals surface area contributed by atoms with E-state index in [1.807, 2.05) is 11.8 Å². The standard InChI is InChI=1S/C9H12ClN3S/c10-8-9(12-4-3-11-8)13-7-1-5-14-6-2-7/h3-4,7H,1-2,5-6H2,(H,12,13). The summed E-state index contributed by atoms with van der Waals surface area (Å²) in [7, 11) is 0. The summed E-state index contributed by atoms with van der Waals surface area (Å²) in [4.78, 5) is 8.14. The Morgan fingerprint density at radius 1 is 1.29 bits per heavy atom. The molecule has 0 spiro atoms. The minimum atomic E-state index is 0.464. The summed E-state index contributed by atoms with van der Waals surface area (Å²) >= 11 is 7.91. The van der Waals surface area contributed by atoms with Gasteiger partial charge >= 0.3 is 0 Å². The minimum absolute atomic E-state index is 0.464. The molecule has 0 bridgehead atoms. The first-order valence-corrected chi connectivity index (χ1v) is 6.20. The van der Waals surface area contributed by atoms with Crippen LogP contribution < -0.4 is 5.32 Å². The van der Waals surface area contributed by atoms with Crippen LogP contribution in [-0.2, 0) is 0 Å². The van der Waals surface area contributed by atoms with Crippen molar-refractivity contribution in [3.63, 3.8) is 0 Å². The second-order valence-corrected chi connectivity index (χ2v) is 4.81. The summed E-state index contributed by atoms with van der Waals surface area (Å²) in [5, 5.41) is 3.79. The number of nitrogens with one attached hydrogen (secondary N) is 1. The molecule has 0 aromatic carbocycles. The van der Waals surface area contributed by atoms with Crippen LogP contribution in [0.3, 0.4) is 0 Å². The lowest BCUT2D eigenvalue weighted by molar-refractivity contribution is 0.663. The van der Waals surface area contributed by atoms with E-state index in [1.165, 1.54) is 24.3 Å². The zero-order valence-corrected chi connectivity index (χ0v) is 9.31. The van der Waals surface area contributed by atoms with Crippen LogP contribution >= 0.6 is 23.4 Å². The van der Waals surface area contributed by atoms with Gasteiger partial charge in [-0.15, -0.1) is 0 Å². The average molecular weight is 230 g/mol. The number of aromatic nitrogens is 2. The van der Waals surface area contributed by atoms with Crippen molar-refractivity contribution in [1.29, 1.82) is 0 Å². The van der Waals surface area contributed by atoms with E-state index in [2.05, 4.69) is 15.3 Å². The molecule has 1 aromatic heterocycles. The molecule has 0 unspecified atom stereocenters. The van der Waals surface area contributed by atoms with Gasteiger partial charge in [-0.2, -0.15) is 11.8 Å². The van der Waals surface area contributed by atoms with Crippen LogP contribution in [0.1, 0.15) is 12.8 Å². The van der Waals surface area contributed by atoms with Crippen molar-refractivity contribution in [3.05, 3.63) is 17.5 Å². The quantitative estimate of drug-likeness (QED) is 0.846. The number of thioether (sulfide) groups is 1. The predicted molar refractivity (Wildman–Crippen MR) is 61.0 cm³/mol. The normalized spacial score (nSPS) is 18.1. The number of halogens is 1. The highest BCUT2D eigenvalue weighted by Crippen LogP contribution is 2.22. The van der Waals surface area contributed by atoms with E-state index >= 15 is 0 Å². The van der Waals surface area contributed by atoms with Crippen LogP contribution in [-0.4, -0.2) is 27.5 Å². The number of anilines is 1. The summed E-state index contributed by atoms with van der Waals surface area (Å²) in [6, 6.07) is 0.505. The fourth-order valence-electron chi connectivity index (χ4n) is 1.45. The van der Waals surface area contributed by atoms with Crippen LogP contribution in [0.2, 0.25) is 5.15 Å². The van der Waals surface area contributed by atoms with Gasteiger partial charge in [-0.25, -0.2) is 9.97 Å². The van der Waals surface area contributed by atoms with E-state index in [9.17, 15) is 0 Å². The molecule has 1 aromatic rings. The maximum atomic E-state index is 5.90. The molecule has 0 saturated carbocycles. The highest BCUT2D eigenvalue weighted by molar-refractivity contribution is 7.99. The lowest BCUT2D eigenvalue weighted by atomic mass is 10.1. The molecule has 0 aliphatic carbocycles. The van der Waals surface area contributed by atoms with Crippen molar-refractivity contribution < 1.29 is 0 Å². The molecule has 1 saturated heterocycles. The predicted octanol–water partition coefficient (Wildman–Crippen LogP) is 2.44. The minimum Gasteiger partial charge on any atom is -0.365 e. The highest BCUT2D eigenvalue weighted by Gasteiger charge is 2.14. The SMILES string of the molecule is Clc1nccnc1NC1CCSCC1. The van der Waals surface area contributed by atoms with Crippen LogP contribution in [0.4, 0.5) is 5.82 Å². The summed E-state index contributed by atoms with van der Waals surface area (Å²) < 4.78 is 0. The Morgan fingerprint density at radius 3 is 2.71 bits per heavy atom. The summed E-state index contributed by atoms with van der Waals surface area (Å²) in [6.45, 7) is 0. The Morgan fingerprint density at radius 2 is 2.00 bits per heavy atom. The van der Waals surface area contributed by atoms with Crippen molar-refractivity contribution in [2.24, 2.45) is 0 Å². The van der Waals surface area contributed by atoms with Crippen molar-refractivity contribution in [1.82, 2.24) is 9.97 Å². The molecule has 14 heavy (non-hydrogen) atoms. The van der Waals surface area contributed by atoms with Gasteiger partial charge in [-0.3, -0.25) is 0 Å². The van der Waals surface area contributed by atoms with Crippen LogP contribution in [0.5, 0.6) is 0 Å². The third-order valence-corrected chi connectivity index (χ3v) is 3.54. The van der Waals surface area contributed by atoms with Gasteiger partial charge < -0.3 is 5.32 Å². The number of rotatable bonds is 2. The first-order chi connectivity index (χ1) is 6.86. The van der Waals surface area contributed by atoms with Crippen LogP contribution in [0.25, 0.3) is 0 Å². The summed E-state index contributed by atoms with van der Waals surface area (Å²) in [5.74, 6) is 3.15. The summed E-state index contributed by atoms with van der Waals surface area (Å²) in [6.07, 6.45) is 5.62. The molecule has 0 atom stereocenters. The van der Waals surface area contributed by atoms with Gasteiger partial charge in [0.15, 0.2) is 11.0 Å². The lowest BCUT2D eigenvalue weighted by Crippen LogP contribution is -2.25. The molecule has 0 amide bonds. The lowest BCUT2D eigenvalue weighted by Gasteiger charge is -2.23. The Hall–Kier alpha value is -0.480. The second kappa shape index (κ2) is 4.84. The smallest absolute Gasteiger partial charge is 0.171 e. The molecule has 3 nitrogen and oxygen atoms in total. The van der Waals surface area contributed by atoms with E-state index < -0.39 is 0 Å². The van der Waals surface area contributed by atoms with Gasteiger partial charge in [0.1, 0.15) is 0 Å². The highest BCUT2D eigenvalue weighted by atomic mass is 35.5. The molecule has 1 aliphatic rings. The van der Waals surface area contributed by atoms with Gasteiger partial charge in [0.05, 0.1) is 0 Å². The van der Waals surface area contributed by atoms with Gasteiger partial charge in [-0.1, -0.05) is 11.6 Å². The van der Waals surface area contributed by atoms with Crippen molar-refractivity contribution >= 4 is 29.2 Å². The molecule has 1 fully saturated rings. The molecule has 1 N–H and O–H groups in total. The van der Waals surface area contributed by atoms with Crippen molar-refractivity contribution in [2.75, 3.05) is 16.8 Å². The van der Waals surface area contributed by atoms with E-state index in [-0.39, 0.29) is 0 Å². The van der Waals surface area contributed by atoms with Gasteiger partial charge in [0.2, 0.25) is 0 Å². The Labute approximate surface area is 92.7 Å². The van der Waals surface area contributed by atoms with Gasteiger partial charge in [0, 0.05) is 18.4 Å². The second-order valence-electron chi connectivity index (χ2n) is 3.23. The first-order valence-electron chi connectivity index (χ1n) is 4.67. The Bertz CT molecular complexity index is 302. The molecule has 5 heteroatoms. The largest absolute Gasteiger partial charge is 0.365 e. The molecular weight excluding hydrogens is 218 g/mol. The molecule has 76 valence electrons. The van der Waals surface area contributed by atoms with Crippen LogP contribution in [0.15, 0.2) is 12.4 Å². The Balaban J connectivity index is 1.99. The topological polar surface area (TPSA) is 37.8 Å². The van der Waals surface area contributed by atoms with E-state index in [0.29, 0.717) is 17.0 Å². The fraction of sp³-hybridized carbons (Fsp3) is 0.556. The van der Waals surface area contributed by atoms with Crippen LogP contribution in [0, 0.1) is 0 Å². The molecule has 0 radical (unpaired) electrons. The number of nitrogens with zero attached hydrogens (tertiary/aromatic N) is 2. The van der Waals surface area contributed by atoms with E-state index in [4.69, 9.17) is 11.6 Å². The zero-order valence-electron chi connectivity index (χ0n) is 7.74. The van der Waals surface area contributed by atoms with Crippen molar-refractivity contribution in [2.45, 2.75) is 18.9 Å². The average Bonchev–Trinajstić information content (AvgIpc) is 2.23. The third-order valence-electron chi connectivity index (χ3n) is 2.22. The maximum Gasteiger partial charge on any atom is 0.171 e. The molecule has 2 heterocycles. The van der Waals surface area contributed by atoms with Gasteiger partial charge in [-0.05, 0) is 24.3 Å². The number of hydrogen-bond acceptors (Lipinski definition) is 4. The fourth-order valence-corrected chi connectivity index (χ4v) is 2.72. The molecule has 1 aliphatic heterocycles. The molecule has 2 rings (SSSR count). The maximum absolute atomic E-state index is 5.90. The molecular formula is C9H12ClN3S. The first kappa shape index (κ1) is 10.1. The van der Waals surface area contributed by atoms with Crippen molar-refractivity contribution in [3.8, 4) is 0 Å². The number of hydrogen-bond donors (Lipinski definition) is 1.